The summed E-state index contributed by atoms with van der Waals surface area (Å²) in [5.41, 5.74) is 3.26. The average Bonchev–Trinajstić information content (AvgIpc) is 3.19. The predicted molar refractivity (Wildman–Crippen MR) is 98.3 cm³/mol. The van der Waals surface area contributed by atoms with Gasteiger partial charge in [-0.25, -0.2) is 9.97 Å². The first-order valence-electron chi connectivity index (χ1n) is 8.00. The van der Waals surface area contributed by atoms with Gasteiger partial charge in [0, 0.05) is 47.4 Å². The summed E-state index contributed by atoms with van der Waals surface area (Å²) in [7, 11) is 0. The van der Waals surface area contributed by atoms with E-state index in [1.165, 1.54) is 9.88 Å². The lowest BCUT2D eigenvalue weighted by Crippen LogP contribution is -2.03. The maximum absolute atomic E-state index is 4.64. The number of para-hydroxylation sites is 1. The van der Waals surface area contributed by atoms with Gasteiger partial charge in [0.05, 0.1) is 16.2 Å². The predicted octanol–water partition coefficient (Wildman–Crippen LogP) is 4.41. The lowest BCUT2D eigenvalue weighted by Gasteiger charge is -2.09. The van der Waals surface area contributed by atoms with E-state index in [-0.39, 0.29) is 0 Å². The van der Waals surface area contributed by atoms with Crippen molar-refractivity contribution < 1.29 is 0 Å². The Labute approximate surface area is 144 Å². The molecule has 24 heavy (non-hydrogen) atoms. The van der Waals surface area contributed by atoms with Crippen LogP contribution < -0.4 is 0 Å². The van der Waals surface area contributed by atoms with Crippen LogP contribution in [0.15, 0.2) is 48.9 Å². The van der Waals surface area contributed by atoms with E-state index in [4.69, 9.17) is 0 Å². The zero-order valence-corrected chi connectivity index (χ0v) is 14.5. The van der Waals surface area contributed by atoms with Crippen LogP contribution in [-0.4, -0.2) is 19.5 Å². The normalized spacial score (nSPS) is 11.2. The molecule has 0 aliphatic carbocycles. The quantitative estimate of drug-likeness (QED) is 0.555. The van der Waals surface area contributed by atoms with E-state index in [1.807, 2.05) is 42.9 Å². The molecule has 0 amide bonds. The summed E-state index contributed by atoms with van der Waals surface area (Å²) < 4.78 is 2.20. The van der Waals surface area contributed by atoms with Gasteiger partial charge in [0.25, 0.3) is 0 Å². The SMILES string of the molecule is Cc1nc(CCn2ccnc2-c2ccnc3ccccc23)sc1C. The van der Waals surface area contributed by atoms with Crippen LogP contribution in [0.3, 0.4) is 0 Å². The third-order valence-corrected chi connectivity index (χ3v) is 5.38. The van der Waals surface area contributed by atoms with Gasteiger partial charge in [-0.3, -0.25) is 4.98 Å². The largest absolute Gasteiger partial charge is 0.331 e. The minimum absolute atomic E-state index is 0.873. The van der Waals surface area contributed by atoms with E-state index in [2.05, 4.69) is 39.4 Å². The van der Waals surface area contributed by atoms with E-state index < -0.39 is 0 Å². The van der Waals surface area contributed by atoms with Gasteiger partial charge in [-0.15, -0.1) is 11.3 Å². The van der Waals surface area contributed by atoms with Crippen LogP contribution in [0.25, 0.3) is 22.3 Å². The minimum atomic E-state index is 0.873. The van der Waals surface area contributed by atoms with Crippen LogP contribution in [-0.2, 0) is 13.0 Å². The van der Waals surface area contributed by atoms with Crippen molar-refractivity contribution in [1.82, 2.24) is 19.5 Å². The van der Waals surface area contributed by atoms with Crippen molar-refractivity contribution in [2.75, 3.05) is 0 Å². The Morgan fingerprint density at radius 2 is 1.92 bits per heavy atom. The lowest BCUT2D eigenvalue weighted by molar-refractivity contribution is 0.700. The number of benzene rings is 1. The summed E-state index contributed by atoms with van der Waals surface area (Å²) in [5.74, 6) is 0.985. The van der Waals surface area contributed by atoms with Gasteiger partial charge in [0.15, 0.2) is 0 Å². The smallest absolute Gasteiger partial charge is 0.140 e. The van der Waals surface area contributed by atoms with Crippen molar-refractivity contribution in [3.8, 4) is 11.4 Å². The molecule has 0 saturated heterocycles. The fraction of sp³-hybridized carbons (Fsp3) is 0.211. The Morgan fingerprint density at radius 1 is 1.04 bits per heavy atom. The molecule has 4 nitrogen and oxygen atoms in total. The van der Waals surface area contributed by atoms with Gasteiger partial charge >= 0.3 is 0 Å². The highest BCUT2D eigenvalue weighted by Crippen LogP contribution is 2.26. The third kappa shape index (κ3) is 2.71. The Morgan fingerprint density at radius 3 is 2.75 bits per heavy atom. The van der Waals surface area contributed by atoms with Gasteiger partial charge in [0.1, 0.15) is 5.82 Å². The second kappa shape index (κ2) is 6.17. The zero-order valence-electron chi connectivity index (χ0n) is 13.7. The molecular formula is C19H18N4S. The fourth-order valence-electron chi connectivity index (χ4n) is 2.89. The topological polar surface area (TPSA) is 43.6 Å². The van der Waals surface area contributed by atoms with E-state index in [1.54, 1.807) is 11.3 Å². The lowest BCUT2D eigenvalue weighted by atomic mass is 10.1. The first-order valence-corrected chi connectivity index (χ1v) is 8.82. The number of hydrogen-bond donors (Lipinski definition) is 0. The van der Waals surface area contributed by atoms with Crippen LogP contribution in [0.5, 0.6) is 0 Å². The van der Waals surface area contributed by atoms with Crippen LogP contribution in [0.4, 0.5) is 0 Å². The molecule has 0 saturated carbocycles. The van der Waals surface area contributed by atoms with Crippen molar-refractivity contribution >= 4 is 22.2 Å². The van der Waals surface area contributed by atoms with Gasteiger partial charge < -0.3 is 4.57 Å². The van der Waals surface area contributed by atoms with Crippen molar-refractivity contribution in [3.05, 3.63) is 64.5 Å². The van der Waals surface area contributed by atoms with E-state index in [9.17, 15) is 0 Å². The molecule has 0 unspecified atom stereocenters. The second-order valence-electron chi connectivity index (χ2n) is 5.82. The molecule has 0 atom stereocenters. The van der Waals surface area contributed by atoms with E-state index >= 15 is 0 Å². The Bertz CT molecular complexity index is 975. The molecule has 0 bridgehead atoms. The molecule has 4 aromatic rings. The molecule has 120 valence electrons. The minimum Gasteiger partial charge on any atom is -0.331 e. The van der Waals surface area contributed by atoms with Crippen LogP contribution in [0, 0.1) is 13.8 Å². The molecule has 0 N–H and O–H groups in total. The number of imidazole rings is 1. The number of thiazole rings is 1. The third-order valence-electron chi connectivity index (χ3n) is 4.24. The summed E-state index contributed by atoms with van der Waals surface area (Å²) >= 11 is 1.79. The first-order chi connectivity index (χ1) is 11.7. The van der Waals surface area contributed by atoms with E-state index in [0.29, 0.717) is 0 Å². The highest BCUT2D eigenvalue weighted by Gasteiger charge is 2.11. The summed E-state index contributed by atoms with van der Waals surface area (Å²) in [6.07, 6.45) is 6.68. The maximum atomic E-state index is 4.64. The molecule has 5 heteroatoms. The van der Waals surface area contributed by atoms with Gasteiger partial charge in [-0.1, -0.05) is 18.2 Å². The van der Waals surface area contributed by atoms with E-state index in [0.717, 1.165) is 41.0 Å². The number of aromatic nitrogens is 4. The van der Waals surface area contributed by atoms with Crippen LogP contribution >= 0.6 is 11.3 Å². The Balaban J connectivity index is 1.67. The van der Waals surface area contributed by atoms with Crippen LogP contribution in [0.2, 0.25) is 0 Å². The monoisotopic (exact) mass is 334 g/mol. The molecule has 0 spiro atoms. The molecule has 3 heterocycles. The van der Waals surface area contributed by atoms with Crippen molar-refractivity contribution in [1.29, 1.82) is 0 Å². The number of rotatable bonds is 4. The average molecular weight is 334 g/mol. The number of hydrogen-bond acceptors (Lipinski definition) is 4. The summed E-state index contributed by atoms with van der Waals surface area (Å²) in [6, 6.07) is 10.2. The zero-order chi connectivity index (χ0) is 16.5. The van der Waals surface area contributed by atoms with Crippen molar-refractivity contribution in [3.63, 3.8) is 0 Å². The molecule has 0 radical (unpaired) electrons. The van der Waals surface area contributed by atoms with Crippen molar-refractivity contribution in [2.24, 2.45) is 0 Å². The number of nitrogens with zero attached hydrogens (tertiary/aromatic N) is 4. The number of fused-ring (bicyclic) bond motifs is 1. The highest BCUT2D eigenvalue weighted by atomic mass is 32.1. The first kappa shape index (κ1) is 15.0. The van der Waals surface area contributed by atoms with Crippen LogP contribution in [0.1, 0.15) is 15.6 Å². The summed E-state index contributed by atoms with van der Waals surface area (Å²) in [5, 5.41) is 2.32. The Kier molecular flexibility index (Phi) is 3.86. The number of aryl methyl sites for hydroxylation is 4. The molecule has 1 aromatic carbocycles. The standard InChI is InChI=1S/C19H18N4S/c1-13-14(2)24-18(22-13)8-11-23-12-10-21-19(23)16-7-9-20-17-6-4-3-5-15(16)17/h3-7,9-10,12H,8,11H2,1-2H3. The summed E-state index contributed by atoms with van der Waals surface area (Å²) in [6.45, 7) is 5.07. The van der Waals surface area contributed by atoms with Gasteiger partial charge in [0.2, 0.25) is 0 Å². The molecule has 0 aliphatic rings. The number of pyridine rings is 1. The molecule has 3 aromatic heterocycles. The van der Waals surface area contributed by atoms with Gasteiger partial charge in [-0.2, -0.15) is 0 Å². The molecule has 4 rings (SSSR count). The highest BCUT2D eigenvalue weighted by molar-refractivity contribution is 7.11. The Hall–Kier alpha value is -2.53. The molecule has 0 fully saturated rings. The van der Waals surface area contributed by atoms with Gasteiger partial charge in [-0.05, 0) is 26.0 Å². The maximum Gasteiger partial charge on any atom is 0.140 e. The molecule has 0 aliphatic heterocycles. The fourth-order valence-corrected chi connectivity index (χ4v) is 3.81. The summed E-state index contributed by atoms with van der Waals surface area (Å²) in [4.78, 5) is 15.0. The van der Waals surface area contributed by atoms with Crippen molar-refractivity contribution in [2.45, 2.75) is 26.8 Å². The second-order valence-corrected chi connectivity index (χ2v) is 7.11. The molecular weight excluding hydrogens is 316 g/mol.